The first-order valence-electron chi connectivity index (χ1n) is 6.00. The van der Waals surface area contributed by atoms with Crippen LogP contribution in [0.25, 0.3) is 0 Å². The normalized spacial score (nSPS) is 12.8. The van der Waals surface area contributed by atoms with Crippen molar-refractivity contribution in [1.29, 1.82) is 0 Å². The summed E-state index contributed by atoms with van der Waals surface area (Å²) in [6, 6.07) is 3.05. The van der Waals surface area contributed by atoms with E-state index in [0.29, 0.717) is 5.56 Å². The van der Waals surface area contributed by atoms with Crippen molar-refractivity contribution in [3.8, 4) is 0 Å². The number of halogens is 3. The minimum atomic E-state index is -4.41. The number of carboxylic acids is 1. The van der Waals surface area contributed by atoms with Gasteiger partial charge in [0.05, 0.1) is 5.56 Å². The summed E-state index contributed by atoms with van der Waals surface area (Å²) >= 11 is 0. The molecule has 0 fully saturated rings. The number of carbonyl (C=O) groups excluding carboxylic acids is 1. The number of carbonyl (C=O) groups is 2. The summed E-state index contributed by atoms with van der Waals surface area (Å²) in [4.78, 5) is 21.8. The van der Waals surface area contributed by atoms with Crippen molar-refractivity contribution in [2.75, 3.05) is 0 Å². The van der Waals surface area contributed by atoms with Gasteiger partial charge in [0.25, 0.3) is 0 Å². The van der Waals surface area contributed by atoms with Crippen LogP contribution in [0.1, 0.15) is 24.0 Å². The fourth-order valence-corrected chi connectivity index (χ4v) is 1.42. The maximum absolute atomic E-state index is 12.3. The number of ether oxygens (including phenoxy) is 1. The average molecular weight is 305 g/mol. The summed E-state index contributed by atoms with van der Waals surface area (Å²) in [5, 5.41) is 8.53. The van der Waals surface area contributed by atoms with Crippen LogP contribution in [0.2, 0.25) is 0 Å². The van der Waals surface area contributed by atoms with E-state index >= 15 is 0 Å². The molecule has 0 saturated carbocycles. The van der Waals surface area contributed by atoms with E-state index in [9.17, 15) is 22.8 Å². The quantitative estimate of drug-likeness (QED) is 0.784. The van der Waals surface area contributed by atoms with Gasteiger partial charge in [-0.15, -0.1) is 0 Å². The third kappa shape index (κ3) is 5.82. The van der Waals surface area contributed by atoms with Crippen LogP contribution >= 0.6 is 0 Å². The molecule has 8 heteroatoms. The topological polar surface area (TPSA) is 89.6 Å². The summed E-state index contributed by atoms with van der Waals surface area (Å²) in [6.07, 6.45) is -4.66. The van der Waals surface area contributed by atoms with Gasteiger partial charge in [0.2, 0.25) is 0 Å². The lowest BCUT2D eigenvalue weighted by Gasteiger charge is -2.09. The van der Waals surface area contributed by atoms with E-state index in [0.717, 1.165) is 12.1 Å². The molecule has 21 heavy (non-hydrogen) atoms. The largest absolute Gasteiger partial charge is 0.480 e. The molecule has 3 N–H and O–H groups in total. The lowest BCUT2D eigenvalue weighted by molar-refractivity contribution is -0.145. The Kier molecular flexibility index (Phi) is 5.71. The molecule has 0 aliphatic carbocycles. The van der Waals surface area contributed by atoms with Crippen LogP contribution in [0.4, 0.5) is 13.2 Å². The van der Waals surface area contributed by atoms with Crippen molar-refractivity contribution in [2.24, 2.45) is 5.73 Å². The highest BCUT2D eigenvalue weighted by molar-refractivity contribution is 5.75. The van der Waals surface area contributed by atoms with Crippen molar-refractivity contribution in [1.82, 2.24) is 0 Å². The third-order valence-corrected chi connectivity index (χ3v) is 2.66. The molecule has 0 spiro atoms. The highest BCUT2D eigenvalue weighted by Crippen LogP contribution is 2.29. The molecular weight excluding hydrogens is 291 g/mol. The van der Waals surface area contributed by atoms with Crippen molar-refractivity contribution in [3.05, 3.63) is 35.4 Å². The molecule has 1 aromatic carbocycles. The molecule has 0 amide bonds. The van der Waals surface area contributed by atoms with Crippen molar-refractivity contribution in [3.63, 3.8) is 0 Å². The van der Waals surface area contributed by atoms with Gasteiger partial charge in [-0.1, -0.05) is 12.1 Å². The number of esters is 1. The van der Waals surface area contributed by atoms with Crippen molar-refractivity contribution in [2.45, 2.75) is 31.7 Å². The Morgan fingerprint density at radius 3 is 2.29 bits per heavy atom. The van der Waals surface area contributed by atoms with E-state index in [1.807, 2.05) is 0 Å². The fraction of sp³-hybridized carbons (Fsp3) is 0.385. The SMILES string of the molecule is N[C@@H](CCC(=O)OCc1ccc(C(F)(F)F)cc1)C(=O)O. The standard InChI is InChI=1S/C13H14F3NO4/c14-13(15,16)9-3-1-8(2-4-9)7-21-11(18)6-5-10(17)12(19)20/h1-4,10H,5-7,17H2,(H,19,20)/t10-/m0/s1. The molecule has 0 aliphatic heterocycles. The number of hydrogen-bond acceptors (Lipinski definition) is 4. The van der Waals surface area contributed by atoms with Gasteiger partial charge in [0.1, 0.15) is 12.6 Å². The second-order valence-corrected chi connectivity index (χ2v) is 4.34. The zero-order chi connectivity index (χ0) is 16.0. The zero-order valence-electron chi connectivity index (χ0n) is 10.9. The summed E-state index contributed by atoms with van der Waals surface area (Å²) in [7, 11) is 0. The van der Waals surface area contributed by atoms with E-state index < -0.39 is 29.7 Å². The summed E-state index contributed by atoms with van der Waals surface area (Å²) in [5.41, 5.74) is 4.83. The van der Waals surface area contributed by atoms with Crippen molar-refractivity contribution >= 4 is 11.9 Å². The Labute approximate surface area is 118 Å². The molecule has 1 atom stereocenters. The zero-order valence-corrected chi connectivity index (χ0v) is 10.9. The smallest absolute Gasteiger partial charge is 0.416 e. The number of alkyl halides is 3. The Morgan fingerprint density at radius 1 is 1.24 bits per heavy atom. The van der Waals surface area contributed by atoms with Crippen LogP contribution < -0.4 is 5.73 Å². The molecule has 116 valence electrons. The number of nitrogens with two attached hydrogens (primary N) is 1. The fourth-order valence-electron chi connectivity index (χ4n) is 1.42. The van der Waals surface area contributed by atoms with E-state index in [4.69, 9.17) is 15.6 Å². The van der Waals surface area contributed by atoms with E-state index in [-0.39, 0.29) is 19.4 Å². The minimum absolute atomic E-state index is 0.0683. The third-order valence-electron chi connectivity index (χ3n) is 2.66. The number of benzene rings is 1. The van der Waals surface area contributed by atoms with E-state index in [1.165, 1.54) is 12.1 Å². The molecule has 0 aliphatic rings. The second kappa shape index (κ2) is 7.07. The minimum Gasteiger partial charge on any atom is -0.480 e. The van der Waals surface area contributed by atoms with Crippen LogP contribution in [0, 0.1) is 0 Å². The number of hydrogen-bond donors (Lipinski definition) is 2. The molecule has 0 saturated heterocycles. The van der Waals surface area contributed by atoms with Gasteiger partial charge in [-0.25, -0.2) is 0 Å². The van der Waals surface area contributed by atoms with Crippen LogP contribution in [0.5, 0.6) is 0 Å². The molecule has 1 rings (SSSR count). The molecule has 1 aromatic rings. The van der Waals surface area contributed by atoms with Gasteiger partial charge in [-0.3, -0.25) is 9.59 Å². The molecule has 0 radical (unpaired) electrons. The van der Waals surface area contributed by atoms with E-state index in [1.54, 1.807) is 0 Å². The molecule has 0 heterocycles. The van der Waals surface area contributed by atoms with Crippen LogP contribution in [0.3, 0.4) is 0 Å². The van der Waals surface area contributed by atoms with Gasteiger partial charge >= 0.3 is 18.1 Å². The second-order valence-electron chi connectivity index (χ2n) is 4.34. The predicted octanol–water partition coefficient (Wildman–Crippen LogP) is 1.94. The highest BCUT2D eigenvalue weighted by Gasteiger charge is 2.29. The van der Waals surface area contributed by atoms with E-state index in [2.05, 4.69) is 0 Å². The molecular formula is C13H14F3NO4. The maximum Gasteiger partial charge on any atom is 0.416 e. The number of aliphatic carboxylic acids is 1. The van der Waals surface area contributed by atoms with Crippen molar-refractivity contribution < 1.29 is 32.6 Å². The average Bonchev–Trinajstić information content (AvgIpc) is 2.41. The Hall–Kier alpha value is -2.09. The molecule has 0 bridgehead atoms. The Morgan fingerprint density at radius 2 is 1.81 bits per heavy atom. The number of carboxylic acid groups (broad SMARTS) is 1. The molecule has 0 aromatic heterocycles. The lowest BCUT2D eigenvalue weighted by atomic mass is 10.1. The van der Waals surface area contributed by atoms with Crippen LogP contribution in [-0.2, 0) is 27.1 Å². The highest BCUT2D eigenvalue weighted by atomic mass is 19.4. The van der Waals surface area contributed by atoms with Gasteiger partial charge in [0, 0.05) is 6.42 Å². The monoisotopic (exact) mass is 305 g/mol. The predicted molar refractivity (Wildman–Crippen MR) is 66.1 cm³/mol. The first-order valence-corrected chi connectivity index (χ1v) is 6.00. The van der Waals surface area contributed by atoms with Gasteiger partial charge in [-0.05, 0) is 24.1 Å². The molecule has 5 nitrogen and oxygen atoms in total. The number of rotatable bonds is 6. The van der Waals surface area contributed by atoms with Crippen LogP contribution in [-0.4, -0.2) is 23.1 Å². The van der Waals surface area contributed by atoms with Gasteiger partial charge in [0.15, 0.2) is 0 Å². The lowest BCUT2D eigenvalue weighted by Crippen LogP contribution is -2.30. The van der Waals surface area contributed by atoms with Gasteiger partial charge < -0.3 is 15.6 Å². The summed E-state index contributed by atoms with van der Waals surface area (Å²) < 4.78 is 41.8. The summed E-state index contributed by atoms with van der Waals surface area (Å²) in [6.45, 7) is -0.181. The van der Waals surface area contributed by atoms with Crippen LogP contribution in [0.15, 0.2) is 24.3 Å². The Bertz CT molecular complexity index is 499. The molecule has 0 unspecified atom stereocenters. The maximum atomic E-state index is 12.3. The first-order chi connectivity index (χ1) is 9.70. The first kappa shape index (κ1) is 17.0. The van der Waals surface area contributed by atoms with Gasteiger partial charge in [-0.2, -0.15) is 13.2 Å². The summed E-state index contributed by atoms with van der Waals surface area (Å²) in [5.74, 6) is -1.88. The Balaban J connectivity index is 2.41.